The molecule has 0 aliphatic carbocycles. The molecule has 2 aromatic rings. The van der Waals surface area contributed by atoms with E-state index in [9.17, 15) is 35.8 Å². The van der Waals surface area contributed by atoms with Crippen LogP contribution in [0, 0.1) is 0 Å². The summed E-state index contributed by atoms with van der Waals surface area (Å²) in [6, 6.07) is 11.1. The quantitative estimate of drug-likeness (QED) is 0.729. The van der Waals surface area contributed by atoms with Gasteiger partial charge in [0.15, 0.2) is 6.61 Å². The standard InChI is InChI=1S/C16H11F7O2/c17-14(18,15(19,20)16(21,22)23)9-25-13-7-3-11(4-8-13)10-1-5-12(24)6-2-10/h1-8,24H,9H2. The highest BCUT2D eigenvalue weighted by atomic mass is 19.4. The molecule has 0 atom stereocenters. The van der Waals surface area contributed by atoms with Crippen molar-refractivity contribution in [3.8, 4) is 22.6 Å². The number of hydrogen-bond donors (Lipinski definition) is 1. The minimum atomic E-state index is -6.39. The van der Waals surface area contributed by atoms with Gasteiger partial charge in [-0.15, -0.1) is 0 Å². The van der Waals surface area contributed by atoms with Gasteiger partial charge in [0.25, 0.3) is 0 Å². The van der Waals surface area contributed by atoms with Crippen molar-refractivity contribution < 1.29 is 40.6 Å². The second-order valence-corrected chi connectivity index (χ2v) is 5.14. The van der Waals surface area contributed by atoms with E-state index < -0.39 is 24.6 Å². The molecule has 0 aliphatic heterocycles. The Morgan fingerprint density at radius 2 is 1.16 bits per heavy atom. The van der Waals surface area contributed by atoms with Crippen molar-refractivity contribution in [2.45, 2.75) is 18.0 Å². The van der Waals surface area contributed by atoms with Crippen LogP contribution >= 0.6 is 0 Å². The first-order valence-electron chi connectivity index (χ1n) is 6.79. The molecule has 2 aromatic carbocycles. The summed E-state index contributed by atoms with van der Waals surface area (Å²) in [5, 5.41) is 9.18. The molecule has 2 nitrogen and oxygen atoms in total. The molecular formula is C16H11F7O2. The number of ether oxygens (including phenoxy) is 1. The maximum Gasteiger partial charge on any atom is 0.460 e. The predicted octanol–water partition coefficient (Wildman–Crippen LogP) is 5.27. The van der Waals surface area contributed by atoms with Crippen molar-refractivity contribution in [2.24, 2.45) is 0 Å². The van der Waals surface area contributed by atoms with Gasteiger partial charge in [-0.1, -0.05) is 24.3 Å². The average Bonchev–Trinajstić information content (AvgIpc) is 2.53. The monoisotopic (exact) mass is 368 g/mol. The van der Waals surface area contributed by atoms with Crippen LogP contribution in [0.2, 0.25) is 0 Å². The van der Waals surface area contributed by atoms with Crippen molar-refractivity contribution in [1.29, 1.82) is 0 Å². The zero-order valence-corrected chi connectivity index (χ0v) is 12.3. The van der Waals surface area contributed by atoms with Crippen LogP contribution in [-0.4, -0.2) is 29.7 Å². The van der Waals surface area contributed by atoms with Gasteiger partial charge in [-0.2, -0.15) is 30.7 Å². The molecule has 9 heteroatoms. The van der Waals surface area contributed by atoms with Crippen LogP contribution in [0.15, 0.2) is 48.5 Å². The third kappa shape index (κ3) is 3.97. The van der Waals surface area contributed by atoms with Crippen LogP contribution in [0.1, 0.15) is 0 Å². The van der Waals surface area contributed by atoms with Gasteiger partial charge < -0.3 is 9.84 Å². The smallest absolute Gasteiger partial charge is 0.460 e. The molecule has 0 heterocycles. The first kappa shape index (κ1) is 18.9. The van der Waals surface area contributed by atoms with Crippen molar-refractivity contribution in [3.63, 3.8) is 0 Å². The molecule has 1 N–H and O–H groups in total. The average molecular weight is 368 g/mol. The number of phenolic OH excluding ortho intramolecular Hbond substituents is 1. The van der Waals surface area contributed by atoms with Crippen molar-refractivity contribution in [3.05, 3.63) is 48.5 Å². The summed E-state index contributed by atoms with van der Waals surface area (Å²) in [4.78, 5) is 0. The van der Waals surface area contributed by atoms with Crippen molar-refractivity contribution in [1.82, 2.24) is 0 Å². The van der Waals surface area contributed by atoms with Gasteiger partial charge in [-0.05, 0) is 35.4 Å². The van der Waals surface area contributed by atoms with Crippen LogP contribution in [0.3, 0.4) is 0 Å². The van der Waals surface area contributed by atoms with E-state index in [0.717, 1.165) is 12.1 Å². The second-order valence-electron chi connectivity index (χ2n) is 5.14. The van der Waals surface area contributed by atoms with E-state index in [-0.39, 0.29) is 11.5 Å². The van der Waals surface area contributed by atoms with Gasteiger partial charge in [0.1, 0.15) is 11.5 Å². The van der Waals surface area contributed by atoms with Crippen LogP contribution in [0.5, 0.6) is 11.5 Å². The normalized spacial score (nSPS) is 12.9. The lowest BCUT2D eigenvalue weighted by Gasteiger charge is -2.27. The summed E-state index contributed by atoms with van der Waals surface area (Å²) in [5.74, 6) is -11.9. The highest BCUT2D eigenvalue weighted by molar-refractivity contribution is 5.64. The molecule has 0 amide bonds. The maximum absolute atomic E-state index is 13.1. The van der Waals surface area contributed by atoms with Crippen LogP contribution < -0.4 is 4.74 Å². The highest BCUT2D eigenvalue weighted by Crippen LogP contribution is 2.46. The summed E-state index contributed by atoms with van der Waals surface area (Å²) in [7, 11) is 0. The number of rotatable bonds is 5. The zero-order valence-electron chi connectivity index (χ0n) is 12.3. The van der Waals surface area contributed by atoms with E-state index in [2.05, 4.69) is 4.74 Å². The molecule has 0 unspecified atom stereocenters. The summed E-state index contributed by atoms with van der Waals surface area (Å²) in [5.41, 5.74) is 1.26. The molecule has 0 spiro atoms. The van der Waals surface area contributed by atoms with E-state index in [1.807, 2.05) is 0 Å². The predicted molar refractivity (Wildman–Crippen MR) is 75.0 cm³/mol. The van der Waals surface area contributed by atoms with Crippen LogP contribution in [0.25, 0.3) is 11.1 Å². The van der Waals surface area contributed by atoms with Gasteiger partial charge in [0.05, 0.1) is 0 Å². The van der Waals surface area contributed by atoms with Crippen molar-refractivity contribution >= 4 is 0 Å². The molecule has 0 saturated heterocycles. The minimum Gasteiger partial charge on any atom is -0.508 e. The molecular weight excluding hydrogens is 357 g/mol. The molecule has 2 rings (SSSR count). The van der Waals surface area contributed by atoms with E-state index in [0.29, 0.717) is 11.1 Å². The fourth-order valence-corrected chi connectivity index (χ4v) is 1.87. The zero-order chi connectivity index (χ0) is 18.9. The number of aromatic hydroxyl groups is 1. The Bertz CT molecular complexity index is 707. The lowest BCUT2D eigenvalue weighted by Crippen LogP contribution is -2.54. The lowest BCUT2D eigenvalue weighted by molar-refractivity contribution is -0.358. The van der Waals surface area contributed by atoms with Gasteiger partial charge in [-0.25, -0.2) is 0 Å². The fourth-order valence-electron chi connectivity index (χ4n) is 1.87. The van der Waals surface area contributed by atoms with Gasteiger partial charge in [-0.3, -0.25) is 0 Å². The van der Waals surface area contributed by atoms with Crippen molar-refractivity contribution in [2.75, 3.05) is 6.61 Å². The van der Waals surface area contributed by atoms with Gasteiger partial charge in [0, 0.05) is 0 Å². The number of phenols is 1. The Kier molecular flexibility index (Phi) is 4.87. The largest absolute Gasteiger partial charge is 0.508 e. The highest BCUT2D eigenvalue weighted by Gasteiger charge is 2.73. The first-order valence-corrected chi connectivity index (χ1v) is 6.79. The van der Waals surface area contributed by atoms with Crippen LogP contribution in [-0.2, 0) is 0 Å². The third-order valence-electron chi connectivity index (χ3n) is 3.29. The third-order valence-corrected chi connectivity index (χ3v) is 3.29. The Balaban J connectivity index is 2.08. The molecule has 0 saturated carbocycles. The molecule has 0 radical (unpaired) electrons. The molecule has 25 heavy (non-hydrogen) atoms. The summed E-state index contributed by atoms with van der Waals surface area (Å²) < 4.78 is 92.3. The molecule has 0 fully saturated rings. The topological polar surface area (TPSA) is 29.5 Å². The fraction of sp³-hybridized carbons (Fsp3) is 0.250. The molecule has 0 aliphatic rings. The molecule has 0 bridgehead atoms. The van der Waals surface area contributed by atoms with E-state index in [1.165, 1.54) is 24.3 Å². The Morgan fingerprint density at radius 1 is 0.720 bits per heavy atom. The Labute approximate surface area is 137 Å². The summed E-state index contributed by atoms with van der Waals surface area (Å²) >= 11 is 0. The van der Waals surface area contributed by atoms with E-state index in [4.69, 9.17) is 0 Å². The Hall–Kier alpha value is -2.45. The SMILES string of the molecule is Oc1ccc(-c2ccc(OCC(F)(F)C(F)(F)C(F)(F)F)cc2)cc1. The first-order chi connectivity index (χ1) is 11.4. The van der Waals surface area contributed by atoms with Gasteiger partial charge >= 0.3 is 18.0 Å². The van der Waals surface area contributed by atoms with E-state index in [1.54, 1.807) is 12.1 Å². The number of halogens is 7. The molecule has 0 aromatic heterocycles. The lowest BCUT2D eigenvalue weighted by atomic mass is 10.1. The Morgan fingerprint density at radius 3 is 1.60 bits per heavy atom. The van der Waals surface area contributed by atoms with Gasteiger partial charge in [0.2, 0.25) is 0 Å². The summed E-state index contributed by atoms with van der Waals surface area (Å²) in [6.07, 6.45) is -6.39. The number of benzene rings is 2. The number of hydrogen-bond acceptors (Lipinski definition) is 2. The maximum atomic E-state index is 13.1. The second kappa shape index (κ2) is 6.45. The summed E-state index contributed by atoms with van der Waals surface area (Å²) in [6.45, 7) is -2.13. The minimum absolute atomic E-state index is 0.0385. The molecule has 136 valence electrons. The van der Waals surface area contributed by atoms with E-state index >= 15 is 0 Å². The number of alkyl halides is 7. The van der Waals surface area contributed by atoms with Crippen LogP contribution in [0.4, 0.5) is 30.7 Å².